The zero-order chi connectivity index (χ0) is 16.8. The van der Waals surface area contributed by atoms with Crippen LogP contribution in [0.25, 0.3) is 0 Å². The lowest BCUT2D eigenvalue weighted by molar-refractivity contribution is -0.116. The number of Topliss-reactive ketones (excluding diaryl/α,β-unsaturated/α-hetero) is 1. The predicted molar refractivity (Wildman–Crippen MR) is 90.6 cm³/mol. The summed E-state index contributed by atoms with van der Waals surface area (Å²) >= 11 is 1.37. The number of hydrogen-bond donors (Lipinski definition) is 1. The Morgan fingerprint density at radius 3 is 2.57 bits per heavy atom. The van der Waals surface area contributed by atoms with Crippen LogP contribution in [0.4, 0.5) is 5.69 Å². The van der Waals surface area contributed by atoms with Gasteiger partial charge in [-0.3, -0.25) is 9.59 Å². The van der Waals surface area contributed by atoms with Crippen LogP contribution < -0.4 is 5.32 Å². The third-order valence-electron chi connectivity index (χ3n) is 3.25. The highest BCUT2D eigenvalue weighted by atomic mass is 32.2. The molecule has 2 aromatic rings. The SMILES string of the molecule is CCCC(=O)Nc1ccc(C(=O)[C@H](C)Sc2nncn2C)cc1. The predicted octanol–water partition coefficient (Wildman–Crippen LogP) is 2.92. The van der Waals surface area contributed by atoms with Gasteiger partial charge in [-0.2, -0.15) is 0 Å². The van der Waals surface area contributed by atoms with Crippen LogP contribution in [0, 0.1) is 0 Å². The molecule has 1 N–H and O–H groups in total. The normalized spacial score (nSPS) is 12.0. The fourth-order valence-corrected chi connectivity index (χ4v) is 2.86. The second-order valence-electron chi connectivity index (χ2n) is 5.22. The highest BCUT2D eigenvalue weighted by molar-refractivity contribution is 8.00. The second-order valence-corrected chi connectivity index (χ2v) is 6.53. The van der Waals surface area contributed by atoms with Crippen LogP contribution >= 0.6 is 11.8 Å². The largest absolute Gasteiger partial charge is 0.326 e. The molecule has 1 aromatic carbocycles. The van der Waals surface area contributed by atoms with Crippen molar-refractivity contribution in [2.45, 2.75) is 37.1 Å². The Morgan fingerprint density at radius 1 is 1.30 bits per heavy atom. The van der Waals surface area contributed by atoms with Crippen LogP contribution in [0.1, 0.15) is 37.0 Å². The summed E-state index contributed by atoms with van der Waals surface area (Å²) in [5.74, 6) is 0.00205. The highest BCUT2D eigenvalue weighted by Gasteiger charge is 2.18. The zero-order valence-corrected chi connectivity index (χ0v) is 14.3. The number of benzene rings is 1. The van der Waals surface area contributed by atoms with Crippen molar-refractivity contribution in [2.24, 2.45) is 7.05 Å². The van der Waals surface area contributed by atoms with Gasteiger partial charge in [-0.15, -0.1) is 10.2 Å². The molecule has 1 heterocycles. The van der Waals surface area contributed by atoms with Gasteiger partial charge in [0.25, 0.3) is 0 Å². The van der Waals surface area contributed by atoms with Crippen molar-refractivity contribution in [3.8, 4) is 0 Å². The van der Waals surface area contributed by atoms with Crippen LogP contribution in [0.5, 0.6) is 0 Å². The van der Waals surface area contributed by atoms with Crippen molar-refractivity contribution in [3.63, 3.8) is 0 Å². The first-order valence-electron chi connectivity index (χ1n) is 7.46. The summed E-state index contributed by atoms with van der Waals surface area (Å²) in [4.78, 5) is 24.0. The number of carbonyl (C=O) groups is 2. The van der Waals surface area contributed by atoms with Crippen LogP contribution in [-0.2, 0) is 11.8 Å². The number of thioether (sulfide) groups is 1. The number of nitrogens with one attached hydrogen (secondary N) is 1. The molecule has 1 atom stereocenters. The number of carbonyl (C=O) groups excluding carboxylic acids is 2. The summed E-state index contributed by atoms with van der Waals surface area (Å²) in [6, 6.07) is 6.97. The molecule has 0 aliphatic rings. The molecule has 0 radical (unpaired) electrons. The van der Waals surface area contributed by atoms with Gasteiger partial charge < -0.3 is 9.88 Å². The number of ketones is 1. The number of nitrogens with zero attached hydrogens (tertiary/aromatic N) is 3. The molecule has 122 valence electrons. The Kier molecular flexibility index (Phi) is 5.92. The monoisotopic (exact) mass is 332 g/mol. The van der Waals surface area contributed by atoms with Crippen LogP contribution in [-0.4, -0.2) is 31.7 Å². The molecular formula is C16H20N4O2S. The molecule has 6 nitrogen and oxygen atoms in total. The van der Waals surface area contributed by atoms with Crippen molar-refractivity contribution >= 4 is 29.1 Å². The Hall–Kier alpha value is -2.15. The molecular weight excluding hydrogens is 312 g/mol. The average Bonchev–Trinajstić information content (AvgIpc) is 2.92. The summed E-state index contributed by atoms with van der Waals surface area (Å²) < 4.78 is 1.78. The van der Waals surface area contributed by atoms with Crippen molar-refractivity contribution in [2.75, 3.05) is 5.32 Å². The van der Waals surface area contributed by atoms with Crippen molar-refractivity contribution in [3.05, 3.63) is 36.2 Å². The van der Waals surface area contributed by atoms with E-state index in [1.54, 1.807) is 35.2 Å². The van der Waals surface area contributed by atoms with E-state index >= 15 is 0 Å². The Morgan fingerprint density at radius 2 is 2.00 bits per heavy atom. The fraction of sp³-hybridized carbons (Fsp3) is 0.375. The maximum atomic E-state index is 12.5. The second kappa shape index (κ2) is 7.92. The number of rotatable bonds is 7. The Bertz CT molecular complexity index is 682. The first kappa shape index (κ1) is 17.2. The molecule has 1 aromatic heterocycles. The van der Waals surface area contributed by atoms with Gasteiger partial charge in [-0.1, -0.05) is 18.7 Å². The molecule has 0 unspecified atom stereocenters. The van der Waals surface area contributed by atoms with E-state index in [2.05, 4.69) is 15.5 Å². The smallest absolute Gasteiger partial charge is 0.224 e. The van der Waals surface area contributed by atoms with Crippen molar-refractivity contribution in [1.29, 1.82) is 0 Å². The Balaban J connectivity index is 1.99. The van der Waals surface area contributed by atoms with Gasteiger partial charge in [0.05, 0.1) is 5.25 Å². The van der Waals surface area contributed by atoms with Gasteiger partial charge in [0, 0.05) is 24.7 Å². The van der Waals surface area contributed by atoms with E-state index in [4.69, 9.17) is 0 Å². The van der Waals surface area contributed by atoms with E-state index in [0.717, 1.165) is 6.42 Å². The Labute approximate surface area is 139 Å². The number of aryl methyl sites for hydroxylation is 1. The number of amides is 1. The summed E-state index contributed by atoms with van der Waals surface area (Å²) in [7, 11) is 1.84. The third-order valence-corrected chi connectivity index (χ3v) is 4.40. The zero-order valence-electron chi connectivity index (χ0n) is 13.4. The lowest BCUT2D eigenvalue weighted by Gasteiger charge is -2.10. The number of aromatic nitrogens is 3. The van der Waals surface area contributed by atoms with Crippen molar-refractivity contribution < 1.29 is 9.59 Å². The molecule has 0 aliphatic heterocycles. The van der Waals surface area contributed by atoms with Gasteiger partial charge in [-0.25, -0.2) is 0 Å². The lowest BCUT2D eigenvalue weighted by atomic mass is 10.1. The van der Waals surface area contributed by atoms with Crippen LogP contribution in [0.2, 0.25) is 0 Å². The van der Waals surface area contributed by atoms with Gasteiger partial charge >= 0.3 is 0 Å². The fourth-order valence-electron chi connectivity index (χ4n) is 1.99. The van der Waals surface area contributed by atoms with Gasteiger partial charge in [0.1, 0.15) is 6.33 Å². The maximum Gasteiger partial charge on any atom is 0.224 e. The molecule has 0 aliphatic carbocycles. The molecule has 2 rings (SSSR count). The van der Waals surface area contributed by atoms with Crippen LogP contribution in [0.15, 0.2) is 35.7 Å². The minimum atomic E-state index is -0.265. The molecule has 0 spiro atoms. The first-order chi connectivity index (χ1) is 11.0. The molecule has 23 heavy (non-hydrogen) atoms. The topological polar surface area (TPSA) is 76.9 Å². The molecule has 0 bridgehead atoms. The van der Waals surface area contributed by atoms with E-state index in [1.165, 1.54) is 11.8 Å². The number of hydrogen-bond acceptors (Lipinski definition) is 5. The van der Waals surface area contributed by atoms with E-state index in [0.29, 0.717) is 22.8 Å². The molecule has 1 amide bonds. The van der Waals surface area contributed by atoms with Crippen LogP contribution in [0.3, 0.4) is 0 Å². The standard InChI is InChI=1S/C16H20N4O2S/c1-4-5-14(21)18-13-8-6-12(7-9-13)15(22)11(2)23-16-19-17-10-20(16)3/h6-11H,4-5H2,1-3H3,(H,18,21)/t11-/m0/s1. The van der Waals surface area contributed by atoms with E-state index in [9.17, 15) is 9.59 Å². The van der Waals surface area contributed by atoms with Crippen molar-refractivity contribution in [1.82, 2.24) is 14.8 Å². The van der Waals surface area contributed by atoms with E-state index < -0.39 is 0 Å². The van der Waals surface area contributed by atoms with Gasteiger partial charge in [0.2, 0.25) is 5.91 Å². The maximum absolute atomic E-state index is 12.5. The van der Waals surface area contributed by atoms with E-state index in [-0.39, 0.29) is 16.9 Å². The quantitative estimate of drug-likeness (QED) is 0.623. The van der Waals surface area contributed by atoms with Gasteiger partial charge in [0.15, 0.2) is 10.9 Å². The molecule has 0 saturated carbocycles. The molecule has 7 heteroatoms. The van der Waals surface area contributed by atoms with E-state index in [1.807, 2.05) is 20.9 Å². The summed E-state index contributed by atoms with van der Waals surface area (Å²) in [5, 5.41) is 11.0. The number of anilines is 1. The first-order valence-corrected chi connectivity index (χ1v) is 8.34. The summed E-state index contributed by atoms with van der Waals surface area (Å²) in [5.41, 5.74) is 1.31. The molecule has 0 saturated heterocycles. The van der Waals surface area contributed by atoms with Gasteiger partial charge in [-0.05, 0) is 37.6 Å². The molecule has 0 fully saturated rings. The highest BCUT2D eigenvalue weighted by Crippen LogP contribution is 2.23. The summed E-state index contributed by atoms with van der Waals surface area (Å²) in [6.07, 6.45) is 2.90. The average molecular weight is 332 g/mol. The minimum absolute atomic E-state index is 0.0159. The third kappa shape index (κ3) is 4.66. The summed E-state index contributed by atoms with van der Waals surface area (Å²) in [6.45, 7) is 3.80. The lowest BCUT2D eigenvalue weighted by Crippen LogP contribution is -2.15. The minimum Gasteiger partial charge on any atom is -0.326 e.